The lowest BCUT2D eigenvalue weighted by molar-refractivity contribution is -0.778. The maximum absolute atomic E-state index is 4.20. The zero-order valence-corrected chi connectivity index (χ0v) is 10.8. The molecular formula is C8H12N6S2+2. The fourth-order valence-electron chi connectivity index (χ4n) is 1.82. The van der Waals surface area contributed by atoms with Crippen molar-refractivity contribution in [3.05, 3.63) is 0 Å². The number of aliphatic imine (C=N–C) groups is 2. The van der Waals surface area contributed by atoms with Gasteiger partial charge in [0.1, 0.15) is 0 Å². The molecule has 0 radical (unpaired) electrons. The molecule has 3 rings (SSSR count). The quantitative estimate of drug-likeness (QED) is 0.581. The lowest BCUT2D eigenvalue weighted by atomic mass is 10.5. The summed E-state index contributed by atoms with van der Waals surface area (Å²) in [5.74, 6) is 0. The third kappa shape index (κ3) is 1.11. The zero-order chi connectivity index (χ0) is 11.3. The molecule has 0 aromatic carbocycles. The Morgan fingerprint density at radius 2 is 1.81 bits per heavy atom. The number of hydrazone groups is 2. The lowest BCUT2D eigenvalue weighted by Crippen LogP contribution is -2.41. The van der Waals surface area contributed by atoms with Crippen LogP contribution in [-0.4, -0.2) is 50.1 Å². The van der Waals surface area contributed by atoms with Gasteiger partial charge in [0.05, 0.1) is 23.5 Å². The second-order valence-corrected chi connectivity index (χ2v) is 6.09. The molecule has 3 aliphatic rings. The Hall–Kier alpha value is -1.02. The molecule has 3 heterocycles. The van der Waals surface area contributed by atoms with Gasteiger partial charge in [-0.3, -0.25) is 9.98 Å². The maximum atomic E-state index is 4.20. The number of amidine groups is 2. The molecule has 6 nitrogen and oxygen atoms in total. The average molecular weight is 256 g/mol. The summed E-state index contributed by atoms with van der Waals surface area (Å²) in [6, 6.07) is 0. The minimum absolute atomic E-state index is 0.242. The van der Waals surface area contributed by atoms with E-state index in [-0.39, 0.29) is 4.33 Å². The fourth-order valence-corrected chi connectivity index (χ4v) is 4.38. The minimum Gasteiger partial charge on any atom is -0.261 e. The van der Waals surface area contributed by atoms with Gasteiger partial charge in [-0.15, -0.1) is 10.9 Å². The second kappa shape index (κ2) is 3.24. The van der Waals surface area contributed by atoms with E-state index in [2.05, 4.69) is 43.3 Å². The number of hydrogen-bond acceptors (Lipinski definition) is 4. The third-order valence-electron chi connectivity index (χ3n) is 2.54. The molecule has 8 heteroatoms. The predicted molar refractivity (Wildman–Crippen MR) is 68.2 cm³/mol. The Balaban J connectivity index is 2.09. The zero-order valence-electron chi connectivity index (χ0n) is 9.18. The Morgan fingerprint density at radius 1 is 1.19 bits per heavy atom. The topological polar surface area (TPSA) is 54.8 Å². The summed E-state index contributed by atoms with van der Waals surface area (Å²) in [7, 11) is 3.58. The number of nitrogens with zero attached hydrogens (tertiary/aromatic N) is 4. The van der Waals surface area contributed by atoms with E-state index in [1.54, 1.807) is 37.6 Å². The van der Waals surface area contributed by atoms with Gasteiger partial charge in [0.2, 0.25) is 10.3 Å². The van der Waals surface area contributed by atoms with E-state index in [9.17, 15) is 0 Å². The van der Waals surface area contributed by atoms with Crippen LogP contribution in [0.15, 0.2) is 9.98 Å². The molecule has 0 aromatic rings. The Labute approximate surface area is 102 Å². The van der Waals surface area contributed by atoms with Gasteiger partial charge in [-0.05, 0) is 9.37 Å². The van der Waals surface area contributed by atoms with Crippen LogP contribution in [0.2, 0.25) is 0 Å². The number of hydrazine groups is 2. The second-order valence-electron chi connectivity index (χ2n) is 3.51. The summed E-state index contributed by atoms with van der Waals surface area (Å²) in [5.41, 5.74) is 7.69. The van der Waals surface area contributed by atoms with Gasteiger partial charge >= 0.3 is 4.33 Å². The summed E-state index contributed by atoms with van der Waals surface area (Å²) in [6.07, 6.45) is 2.07. The van der Waals surface area contributed by atoms with E-state index in [1.165, 1.54) is 0 Å². The molecule has 84 valence electrons. The maximum Gasteiger partial charge on any atom is 0.518 e. The molecule has 1 unspecified atom stereocenters. The first-order valence-corrected chi connectivity index (χ1v) is 6.46. The smallest absolute Gasteiger partial charge is 0.261 e. The molecule has 16 heavy (non-hydrogen) atoms. The standard InChI is InChI=1S/C8H11N6S2/c1-5-4-13-8(15-6(9-2)11-13)14(5)12-7(10-3)16-8/h4H,1-3H3,(H,10,12)/q+1/p+1. The van der Waals surface area contributed by atoms with Gasteiger partial charge in [-0.25, -0.2) is 0 Å². The van der Waals surface area contributed by atoms with Gasteiger partial charge in [-0.1, -0.05) is 0 Å². The van der Waals surface area contributed by atoms with Crippen molar-refractivity contribution < 1.29 is 9.37 Å². The predicted octanol–water partition coefficient (Wildman–Crippen LogP) is -0.358. The van der Waals surface area contributed by atoms with Gasteiger partial charge in [-0.2, -0.15) is 0 Å². The summed E-state index contributed by atoms with van der Waals surface area (Å²) in [6.45, 7) is 2.07. The van der Waals surface area contributed by atoms with E-state index < -0.39 is 0 Å². The van der Waals surface area contributed by atoms with Crippen molar-refractivity contribution in [2.24, 2.45) is 9.98 Å². The van der Waals surface area contributed by atoms with Crippen LogP contribution < -0.4 is 10.9 Å². The molecular weight excluding hydrogens is 244 g/mol. The summed E-state index contributed by atoms with van der Waals surface area (Å²) >= 11 is 3.36. The van der Waals surface area contributed by atoms with Crippen molar-refractivity contribution >= 4 is 45.8 Å². The van der Waals surface area contributed by atoms with Crippen LogP contribution in [0.3, 0.4) is 0 Å². The highest BCUT2D eigenvalue weighted by Crippen LogP contribution is 2.47. The minimum atomic E-state index is -0.242. The largest absolute Gasteiger partial charge is 0.518 e. The number of rotatable bonds is 0. The van der Waals surface area contributed by atoms with Crippen molar-refractivity contribution in [1.82, 2.24) is 10.9 Å². The first-order valence-electron chi connectivity index (χ1n) is 4.82. The Bertz CT molecular complexity index is 487. The van der Waals surface area contributed by atoms with E-state index >= 15 is 0 Å². The molecule has 0 aromatic heterocycles. The van der Waals surface area contributed by atoms with Gasteiger partial charge < -0.3 is 0 Å². The van der Waals surface area contributed by atoms with Crippen molar-refractivity contribution in [1.29, 1.82) is 0 Å². The Kier molecular flexibility index (Phi) is 2.05. The fraction of sp³-hybridized carbons (Fsp3) is 0.500. The van der Waals surface area contributed by atoms with Gasteiger partial charge in [0.15, 0.2) is 0 Å². The van der Waals surface area contributed by atoms with Crippen LogP contribution in [0.4, 0.5) is 0 Å². The summed E-state index contributed by atoms with van der Waals surface area (Å²) in [4.78, 5) is 8.39. The highest BCUT2D eigenvalue weighted by Gasteiger charge is 2.72. The average Bonchev–Trinajstić information content (AvgIpc) is 2.86. The van der Waals surface area contributed by atoms with Crippen LogP contribution in [0, 0.1) is 0 Å². The van der Waals surface area contributed by atoms with Crippen LogP contribution in [-0.2, 0) is 0 Å². The summed E-state index contributed by atoms with van der Waals surface area (Å²) in [5, 5.41) is 1.84. The molecule has 0 amide bonds. The van der Waals surface area contributed by atoms with E-state index in [0.717, 1.165) is 16.0 Å². The SMILES string of the molecule is CN=C1N[N+]2=CC(C)=[N+]3NC(=NC)SC23S1. The number of thioether (sulfide) groups is 2. The van der Waals surface area contributed by atoms with Crippen LogP contribution in [0.25, 0.3) is 0 Å². The van der Waals surface area contributed by atoms with Crippen molar-refractivity contribution in [3.8, 4) is 0 Å². The van der Waals surface area contributed by atoms with Crippen molar-refractivity contribution in [2.45, 2.75) is 11.3 Å². The van der Waals surface area contributed by atoms with E-state index in [0.29, 0.717) is 0 Å². The highest BCUT2D eigenvalue weighted by atomic mass is 32.2. The number of hydrogen-bond donors (Lipinski definition) is 2. The first kappa shape index (κ1) is 10.2. The summed E-state index contributed by atoms with van der Waals surface area (Å²) < 4.78 is 3.93. The van der Waals surface area contributed by atoms with Gasteiger partial charge in [0.25, 0.3) is 11.9 Å². The molecule has 2 saturated heterocycles. The third-order valence-corrected chi connectivity index (χ3v) is 5.27. The lowest BCUT2D eigenvalue weighted by Gasteiger charge is -2.00. The molecule has 0 aliphatic carbocycles. The normalized spacial score (nSPS) is 36.3. The van der Waals surface area contributed by atoms with Crippen LogP contribution in [0.1, 0.15) is 6.92 Å². The van der Waals surface area contributed by atoms with Crippen LogP contribution >= 0.6 is 23.5 Å². The van der Waals surface area contributed by atoms with E-state index in [4.69, 9.17) is 0 Å². The van der Waals surface area contributed by atoms with E-state index in [1.807, 2.05) is 0 Å². The Morgan fingerprint density at radius 3 is 2.44 bits per heavy atom. The molecule has 0 saturated carbocycles. The molecule has 2 N–H and O–H groups in total. The highest BCUT2D eigenvalue weighted by molar-refractivity contribution is 8.30. The first-order chi connectivity index (χ1) is 7.69. The number of nitrogens with one attached hydrogen (secondary N) is 2. The molecule has 3 aliphatic heterocycles. The van der Waals surface area contributed by atoms with Crippen molar-refractivity contribution in [2.75, 3.05) is 14.1 Å². The molecule has 1 spiro atoms. The van der Waals surface area contributed by atoms with Gasteiger partial charge in [0, 0.05) is 21.0 Å². The molecule has 1 atom stereocenters. The van der Waals surface area contributed by atoms with Crippen molar-refractivity contribution in [3.63, 3.8) is 0 Å². The molecule has 0 bridgehead atoms. The monoisotopic (exact) mass is 256 g/mol. The molecule has 2 fully saturated rings. The van der Waals surface area contributed by atoms with Crippen LogP contribution in [0.5, 0.6) is 0 Å².